The van der Waals surface area contributed by atoms with Crippen LogP contribution in [0.5, 0.6) is 0 Å². The standard InChI is InChI=1S/C16H15ClO/c1-2-12-6-8-13(9-7-12)10-16(18)14-4-3-5-15(17)11-14/h3-9,11H,2,10H2,1H3. The molecule has 0 radical (unpaired) electrons. The summed E-state index contributed by atoms with van der Waals surface area (Å²) < 4.78 is 0. The van der Waals surface area contributed by atoms with Crippen molar-refractivity contribution >= 4 is 17.4 Å². The van der Waals surface area contributed by atoms with Crippen LogP contribution >= 0.6 is 11.6 Å². The lowest BCUT2D eigenvalue weighted by molar-refractivity contribution is 0.0993. The van der Waals surface area contributed by atoms with Crippen LogP contribution in [0.15, 0.2) is 48.5 Å². The maximum atomic E-state index is 12.1. The summed E-state index contributed by atoms with van der Waals surface area (Å²) in [6, 6.07) is 15.3. The topological polar surface area (TPSA) is 17.1 Å². The van der Waals surface area contributed by atoms with E-state index in [0.717, 1.165) is 12.0 Å². The molecule has 0 heterocycles. The van der Waals surface area contributed by atoms with E-state index in [0.29, 0.717) is 17.0 Å². The Morgan fingerprint density at radius 2 is 1.72 bits per heavy atom. The lowest BCUT2D eigenvalue weighted by Gasteiger charge is -2.03. The van der Waals surface area contributed by atoms with Crippen LogP contribution < -0.4 is 0 Å². The third kappa shape index (κ3) is 3.21. The van der Waals surface area contributed by atoms with Crippen molar-refractivity contribution in [2.24, 2.45) is 0 Å². The summed E-state index contributed by atoms with van der Waals surface area (Å²) in [5.74, 6) is 0.0988. The van der Waals surface area contributed by atoms with Crippen LogP contribution in [0.2, 0.25) is 5.02 Å². The summed E-state index contributed by atoms with van der Waals surface area (Å²) in [6.07, 6.45) is 1.44. The van der Waals surface area contributed by atoms with Crippen molar-refractivity contribution in [1.82, 2.24) is 0 Å². The largest absolute Gasteiger partial charge is 0.294 e. The maximum absolute atomic E-state index is 12.1. The molecule has 2 rings (SSSR count). The molecular weight excluding hydrogens is 244 g/mol. The summed E-state index contributed by atoms with van der Waals surface area (Å²) in [5.41, 5.74) is 2.99. The highest BCUT2D eigenvalue weighted by atomic mass is 35.5. The minimum Gasteiger partial charge on any atom is -0.294 e. The highest BCUT2D eigenvalue weighted by Crippen LogP contribution is 2.14. The van der Waals surface area contributed by atoms with Crippen LogP contribution in [0.25, 0.3) is 0 Å². The summed E-state index contributed by atoms with van der Waals surface area (Å²) in [6.45, 7) is 2.12. The van der Waals surface area contributed by atoms with E-state index in [9.17, 15) is 4.79 Å². The zero-order valence-corrected chi connectivity index (χ0v) is 11.1. The summed E-state index contributed by atoms with van der Waals surface area (Å²) in [4.78, 5) is 12.1. The molecule has 1 nitrogen and oxygen atoms in total. The third-order valence-corrected chi connectivity index (χ3v) is 3.18. The van der Waals surface area contributed by atoms with Gasteiger partial charge in [0.1, 0.15) is 0 Å². The molecule has 0 aliphatic rings. The van der Waals surface area contributed by atoms with Crippen molar-refractivity contribution in [2.45, 2.75) is 19.8 Å². The Morgan fingerprint density at radius 1 is 1.06 bits per heavy atom. The molecule has 92 valence electrons. The van der Waals surface area contributed by atoms with Crippen LogP contribution in [0.4, 0.5) is 0 Å². The molecule has 0 saturated carbocycles. The first-order chi connectivity index (χ1) is 8.69. The number of halogens is 1. The normalized spacial score (nSPS) is 10.3. The molecule has 0 atom stereocenters. The van der Waals surface area contributed by atoms with Crippen LogP contribution in [-0.4, -0.2) is 5.78 Å². The first kappa shape index (κ1) is 12.8. The van der Waals surface area contributed by atoms with Gasteiger partial charge in [-0.05, 0) is 29.7 Å². The zero-order chi connectivity index (χ0) is 13.0. The van der Waals surface area contributed by atoms with Crippen molar-refractivity contribution in [3.63, 3.8) is 0 Å². The van der Waals surface area contributed by atoms with Gasteiger partial charge in [0.05, 0.1) is 0 Å². The first-order valence-electron chi connectivity index (χ1n) is 6.05. The number of rotatable bonds is 4. The van der Waals surface area contributed by atoms with Crippen LogP contribution in [-0.2, 0) is 12.8 Å². The summed E-state index contributed by atoms with van der Waals surface area (Å²) >= 11 is 5.88. The minimum absolute atomic E-state index is 0.0988. The molecule has 18 heavy (non-hydrogen) atoms. The molecule has 0 saturated heterocycles. The second-order valence-electron chi connectivity index (χ2n) is 4.28. The van der Waals surface area contributed by atoms with Gasteiger partial charge in [0.15, 0.2) is 5.78 Å². The molecule has 0 aliphatic carbocycles. The molecule has 0 amide bonds. The van der Waals surface area contributed by atoms with Gasteiger partial charge in [-0.1, -0.05) is 54.9 Å². The number of hydrogen-bond donors (Lipinski definition) is 0. The fraction of sp³-hybridized carbons (Fsp3) is 0.188. The van der Waals surface area contributed by atoms with Crippen LogP contribution in [0.1, 0.15) is 28.4 Å². The molecule has 2 aromatic rings. The van der Waals surface area contributed by atoms with Gasteiger partial charge < -0.3 is 0 Å². The third-order valence-electron chi connectivity index (χ3n) is 2.94. The second-order valence-corrected chi connectivity index (χ2v) is 4.72. The monoisotopic (exact) mass is 258 g/mol. The zero-order valence-electron chi connectivity index (χ0n) is 10.3. The van der Waals surface area contributed by atoms with Gasteiger partial charge in [0.2, 0.25) is 0 Å². The fourth-order valence-corrected chi connectivity index (χ4v) is 2.03. The van der Waals surface area contributed by atoms with E-state index < -0.39 is 0 Å². The molecule has 0 bridgehead atoms. The van der Waals surface area contributed by atoms with Gasteiger partial charge in [-0.2, -0.15) is 0 Å². The molecule has 0 aromatic heterocycles. The Kier molecular flexibility index (Phi) is 4.16. The minimum atomic E-state index is 0.0988. The summed E-state index contributed by atoms with van der Waals surface area (Å²) in [7, 11) is 0. The molecule has 0 aliphatic heterocycles. The molecule has 2 heteroatoms. The Labute approximate surface area is 112 Å². The van der Waals surface area contributed by atoms with E-state index in [-0.39, 0.29) is 5.78 Å². The predicted molar refractivity (Wildman–Crippen MR) is 75.3 cm³/mol. The van der Waals surface area contributed by atoms with E-state index in [4.69, 9.17) is 11.6 Å². The lowest BCUT2D eigenvalue weighted by atomic mass is 10.0. The Morgan fingerprint density at radius 3 is 2.33 bits per heavy atom. The van der Waals surface area contributed by atoms with E-state index in [1.165, 1.54) is 5.56 Å². The van der Waals surface area contributed by atoms with Crippen molar-refractivity contribution in [3.8, 4) is 0 Å². The molecule has 0 spiro atoms. The van der Waals surface area contributed by atoms with Gasteiger partial charge in [-0.25, -0.2) is 0 Å². The maximum Gasteiger partial charge on any atom is 0.167 e. The average molecular weight is 259 g/mol. The van der Waals surface area contributed by atoms with Crippen LogP contribution in [0, 0.1) is 0 Å². The second kappa shape index (κ2) is 5.83. The van der Waals surface area contributed by atoms with Gasteiger partial charge in [-0.3, -0.25) is 4.79 Å². The lowest BCUT2D eigenvalue weighted by Crippen LogP contribution is -2.03. The van der Waals surface area contributed by atoms with Gasteiger partial charge >= 0.3 is 0 Å². The number of aryl methyl sites for hydroxylation is 1. The van der Waals surface area contributed by atoms with Crippen molar-refractivity contribution in [3.05, 3.63) is 70.2 Å². The molecular formula is C16H15ClO. The average Bonchev–Trinajstić information content (AvgIpc) is 2.39. The number of ketones is 1. The Bertz CT molecular complexity index is 543. The Hall–Kier alpha value is -1.60. The van der Waals surface area contributed by atoms with Crippen molar-refractivity contribution in [1.29, 1.82) is 0 Å². The highest BCUT2D eigenvalue weighted by molar-refractivity contribution is 6.31. The van der Waals surface area contributed by atoms with Gasteiger partial charge in [0, 0.05) is 17.0 Å². The molecule has 2 aromatic carbocycles. The SMILES string of the molecule is CCc1ccc(CC(=O)c2cccc(Cl)c2)cc1. The Balaban J connectivity index is 2.11. The number of carbonyl (C=O) groups excluding carboxylic acids is 1. The van der Waals surface area contributed by atoms with E-state index >= 15 is 0 Å². The smallest absolute Gasteiger partial charge is 0.167 e. The number of hydrogen-bond acceptors (Lipinski definition) is 1. The first-order valence-corrected chi connectivity index (χ1v) is 6.43. The molecule has 0 N–H and O–H groups in total. The van der Waals surface area contributed by atoms with Gasteiger partial charge in [0.25, 0.3) is 0 Å². The quantitative estimate of drug-likeness (QED) is 0.746. The van der Waals surface area contributed by atoms with E-state index in [1.807, 2.05) is 12.1 Å². The van der Waals surface area contributed by atoms with E-state index in [1.54, 1.807) is 24.3 Å². The predicted octanol–water partition coefficient (Wildman–Crippen LogP) is 4.33. The van der Waals surface area contributed by atoms with Crippen LogP contribution in [0.3, 0.4) is 0 Å². The number of benzene rings is 2. The van der Waals surface area contributed by atoms with E-state index in [2.05, 4.69) is 19.1 Å². The fourth-order valence-electron chi connectivity index (χ4n) is 1.84. The molecule has 0 fully saturated rings. The number of carbonyl (C=O) groups is 1. The van der Waals surface area contributed by atoms with Crippen molar-refractivity contribution in [2.75, 3.05) is 0 Å². The highest BCUT2D eigenvalue weighted by Gasteiger charge is 2.07. The van der Waals surface area contributed by atoms with Crippen molar-refractivity contribution < 1.29 is 4.79 Å². The summed E-state index contributed by atoms with van der Waals surface area (Å²) in [5, 5.41) is 0.599. The molecule has 0 unspecified atom stereocenters. The van der Waals surface area contributed by atoms with Gasteiger partial charge in [-0.15, -0.1) is 0 Å². The number of Topliss-reactive ketones (excluding diaryl/α,β-unsaturated/α-hetero) is 1.